The molecule has 0 radical (unpaired) electrons. The molecule has 0 unspecified atom stereocenters. The molecule has 9 rings (SSSR count). The van der Waals surface area contributed by atoms with Crippen molar-refractivity contribution in [2.45, 2.75) is 0 Å². The standard InChI is InChI=1S/C38H23NOS/c1-2-12-27(13-3-1)39-33-18-6-4-15-31(33)38-36(39)32-21-20-25(23-35(32)41-38)24-10-8-11-26(22-24)28-16-9-17-30-29-14-5-7-19-34(29)40-37(28)30/h1-23H. The van der Waals surface area contributed by atoms with Gasteiger partial charge >= 0.3 is 0 Å². The van der Waals surface area contributed by atoms with Crippen molar-refractivity contribution in [3.8, 4) is 27.9 Å². The maximum absolute atomic E-state index is 6.35. The molecule has 0 bridgehead atoms. The number of thiophene rings is 1. The summed E-state index contributed by atoms with van der Waals surface area (Å²) in [5, 5.41) is 4.90. The zero-order chi connectivity index (χ0) is 26.9. The molecule has 0 saturated carbocycles. The van der Waals surface area contributed by atoms with Gasteiger partial charge in [0, 0.05) is 37.5 Å². The van der Waals surface area contributed by atoms with Gasteiger partial charge in [-0.05, 0) is 53.1 Å². The molecule has 0 spiro atoms. The zero-order valence-electron chi connectivity index (χ0n) is 22.0. The van der Waals surface area contributed by atoms with Gasteiger partial charge in [0.05, 0.1) is 15.7 Å². The van der Waals surface area contributed by atoms with E-state index in [1.807, 2.05) is 23.5 Å². The van der Waals surface area contributed by atoms with E-state index in [-0.39, 0.29) is 0 Å². The van der Waals surface area contributed by atoms with E-state index < -0.39 is 0 Å². The zero-order valence-corrected chi connectivity index (χ0v) is 22.9. The molecule has 3 aromatic heterocycles. The monoisotopic (exact) mass is 541 g/mol. The lowest BCUT2D eigenvalue weighted by Gasteiger charge is -2.09. The van der Waals surface area contributed by atoms with Crippen LogP contribution in [0.15, 0.2) is 144 Å². The molecule has 2 nitrogen and oxygen atoms in total. The molecule has 3 heteroatoms. The SMILES string of the molecule is c1ccc(-n2c3ccccc3c3sc4cc(-c5cccc(-c6cccc7c6oc6ccccc67)c5)ccc4c32)cc1. The number of fused-ring (bicyclic) bond motifs is 8. The molecule has 6 aromatic carbocycles. The van der Waals surface area contributed by atoms with Gasteiger partial charge in [0.1, 0.15) is 11.2 Å². The second-order valence-electron chi connectivity index (χ2n) is 10.5. The van der Waals surface area contributed by atoms with E-state index >= 15 is 0 Å². The summed E-state index contributed by atoms with van der Waals surface area (Å²) >= 11 is 1.88. The molecule has 3 heterocycles. The molecule has 0 aliphatic heterocycles. The Kier molecular flexibility index (Phi) is 4.80. The Morgan fingerprint density at radius 2 is 1.24 bits per heavy atom. The quantitative estimate of drug-likeness (QED) is 0.217. The summed E-state index contributed by atoms with van der Waals surface area (Å²) in [6, 6.07) is 49.9. The average molecular weight is 542 g/mol. The lowest BCUT2D eigenvalue weighted by Crippen LogP contribution is -1.92. The summed E-state index contributed by atoms with van der Waals surface area (Å²) in [5.74, 6) is 0. The van der Waals surface area contributed by atoms with Gasteiger partial charge in [-0.1, -0.05) is 103 Å². The smallest absolute Gasteiger partial charge is 0.143 e. The van der Waals surface area contributed by atoms with Crippen LogP contribution in [0.1, 0.15) is 0 Å². The molecular weight excluding hydrogens is 518 g/mol. The predicted octanol–water partition coefficient (Wildman–Crippen LogP) is 11.2. The Hall–Kier alpha value is -5.12. The highest BCUT2D eigenvalue weighted by molar-refractivity contribution is 7.26. The minimum absolute atomic E-state index is 0.924. The molecule has 0 saturated heterocycles. The Morgan fingerprint density at radius 3 is 2.17 bits per heavy atom. The number of aromatic nitrogens is 1. The van der Waals surface area contributed by atoms with E-state index in [4.69, 9.17) is 4.42 Å². The lowest BCUT2D eigenvalue weighted by molar-refractivity contribution is 0.670. The maximum Gasteiger partial charge on any atom is 0.143 e. The second kappa shape index (κ2) is 8.69. The number of furan rings is 1. The van der Waals surface area contributed by atoms with E-state index in [0.717, 1.165) is 33.1 Å². The molecule has 0 fully saturated rings. The van der Waals surface area contributed by atoms with Crippen LogP contribution in [0.4, 0.5) is 0 Å². The van der Waals surface area contributed by atoms with Crippen molar-refractivity contribution in [3.63, 3.8) is 0 Å². The van der Waals surface area contributed by atoms with Crippen LogP contribution in [0.25, 0.3) is 81.1 Å². The third-order valence-corrected chi connectivity index (χ3v) is 9.38. The van der Waals surface area contributed by atoms with Gasteiger partial charge in [0.25, 0.3) is 0 Å². The highest BCUT2D eigenvalue weighted by Gasteiger charge is 2.18. The van der Waals surface area contributed by atoms with E-state index in [9.17, 15) is 0 Å². The summed E-state index contributed by atoms with van der Waals surface area (Å²) in [4.78, 5) is 0. The number of rotatable bonds is 3. The van der Waals surface area contributed by atoms with Gasteiger partial charge in [-0.3, -0.25) is 0 Å². The van der Waals surface area contributed by atoms with Crippen LogP contribution in [0.3, 0.4) is 0 Å². The van der Waals surface area contributed by atoms with Crippen LogP contribution in [0.2, 0.25) is 0 Å². The third-order valence-electron chi connectivity index (χ3n) is 8.20. The number of nitrogens with zero attached hydrogens (tertiary/aromatic N) is 1. The van der Waals surface area contributed by atoms with Crippen LogP contribution in [0, 0.1) is 0 Å². The van der Waals surface area contributed by atoms with Gasteiger partial charge in [-0.15, -0.1) is 11.3 Å². The van der Waals surface area contributed by atoms with Crippen molar-refractivity contribution in [1.82, 2.24) is 4.57 Å². The van der Waals surface area contributed by atoms with Gasteiger partial charge in [0.2, 0.25) is 0 Å². The molecule has 9 aromatic rings. The minimum Gasteiger partial charge on any atom is -0.455 e. The Balaban J connectivity index is 1.22. The topological polar surface area (TPSA) is 18.1 Å². The number of hydrogen-bond donors (Lipinski definition) is 0. The average Bonchev–Trinajstić information content (AvgIpc) is 3.70. The molecule has 0 amide bonds. The minimum atomic E-state index is 0.924. The van der Waals surface area contributed by atoms with Crippen molar-refractivity contribution in [2.24, 2.45) is 0 Å². The second-order valence-corrected chi connectivity index (χ2v) is 11.6. The maximum atomic E-state index is 6.35. The number of para-hydroxylation sites is 4. The van der Waals surface area contributed by atoms with E-state index in [0.29, 0.717) is 0 Å². The Morgan fingerprint density at radius 1 is 0.512 bits per heavy atom. The van der Waals surface area contributed by atoms with Crippen molar-refractivity contribution in [2.75, 3.05) is 0 Å². The first kappa shape index (κ1) is 22.7. The van der Waals surface area contributed by atoms with Crippen LogP contribution in [-0.4, -0.2) is 4.57 Å². The van der Waals surface area contributed by atoms with E-state index in [1.54, 1.807) is 0 Å². The number of benzene rings is 6. The highest BCUT2D eigenvalue weighted by atomic mass is 32.1. The molecular formula is C38H23NOS. The van der Waals surface area contributed by atoms with Gasteiger partial charge in [0.15, 0.2) is 0 Å². The molecule has 0 atom stereocenters. The van der Waals surface area contributed by atoms with Crippen molar-refractivity contribution < 1.29 is 4.42 Å². The molecule has 0 N–H and O–H groups in total. The molecule has 192 valence electrons. The first-order valence-corrected chi connectivity index (χ1v) is 14.7. The fourth-order valence-electron chi connectivity index (χ4n) is 6.33. The summed E-state index contributed by atoms with van der Waals surface area (Å²) in [5.41, 5.74) is 10.3. The van der Waals surface area contributed by atoms with Crippen molar-refractivity contribution >= 4 is 64.5 Å². The molecule has 0 aliphatic carbocycles. The fourth-order valence-corrected chi connectivity index (χ4v) is 7.60. The fraction of sp³-hybridized carbons (Fsp3) is 0. The van der Waals surface area contributed by atoms with Gasteiger partial charge in [-0.25, -0.2) is 0 Å². The highest BCUT2D eigenvalue weighted by Crippen LogP contribution is 2.44. The Labute approximate surface area is 240 Å². The molecule has 0 aliphatic rings. The van der Waals surface area contributed by atoms with Crippen LogP contribution >= 0.6 is 11.3 Å². The Bertz CT molecular complexity index is 2420. The largest absolute Gasteiger partial charge is 0.455 e. The summed E-state index contributed by atoms with van der Waals surface area (Å²) < 4.78 is 11.4. The van der Waals surface area contributed by atoms with Crippen LogP contribution in [-0.2, 0) is 0 Å². The van der Waals surface area contributed by atoms with Crippen LogP contribution < -0.4 is 0 Å². The van der Waals surface area contributed by atoms with Gasteiger partial charge in [-0.2, -0.15) is 0 Å². The van der Waals surface area contributed by atoms with E-state index in [2.05, 4.69) is 132 Å². The van der Waals surface area contributed by atoms with Gasteiger partial charge < -0.3 is 8.98 Å². The predicted molar refractivity (Wildman–Crippen MR) is 174 cm³/mol. The van der Waals surface area contributed by atoms with Crippen molar-refractivity contribution in [3.05, 3.63) is 140 Å². The van der Waals surface area contributed by atoms with E-state index in [1.165, 1.54) is 48.0 Å². The lowest BCUT2D eigenvalue weighted by atomic mass is 9.97. The first-order chi connectivity index (χ1) is 20.3. The summed E-state index contributed by atoms with van der Waals surface area (Å²) in [6.07, 6.45) is 0. The number of hydrogen-bond acceptors (Lipinski definition) is 2. The third kappa shape index (κ3) is 3.36. The summed E-state index contributed by atoms with van der Waals surface area (Å²) in [6.45, 7) is 0. The first-order valence-electron chi connectivity index (χ1n) is 13.9. The summed E-state index contributed by atoms with van der Waals surface area (Å²) in [7, 11) is 0. The normalized spacial score (nSPS) is 11.9. The van der Waals surface area contributed by atoms with Crippen molar-refractivity contribution in [1.29, 1.82) is 0 Å². The molecule has 41 heavy (non-hydrogen) atoms. The van der Waals surface area contributed by atoms with Crippen LogP contribution in [0.5, 0.6) is 0 Å².